The van der Waals surface area contributed by atoms with Gasteiger partial charge < -0.3 is 24.2 Å². The Morgan fingerprint density at radius 3 is 2.66 bits per heavy atom. The molecular weight excluding hydrogens is 384 g/mol. The minimum Gasteiger partial charge on any atom is -0.493 e. The first-order valence-electron chi connectivity index (χ1n) is 9.28. The minimum absolute atomic E-state index is 0.0123. The third kappa shape index (κ3) is 5.80. The van der Waals surface area contributed by atoms with Gasteiger partial charge >= 0.3 is 6.61 Å². The second-order valence-corrected chi connectivity index (χ2v) is 6.52. The predicted octanol–water partition coefficient (Wildman–Crippen LogP) is 2.18. The summed E-state index contributed by atoms with van der Waals surface area (Å²) in [5.74, 6) is 1.04. The van der Waals surface area contributed by atoms with Gasteiger partial charge in [0.15, 0.2) is 17.5 Å². The number of hydrogen-bond acceptors (Lipinski definition) is 6. The van der Waals surface area contributed by atoms with Gasteiger partial charge in [-0.3, -0.25) is 9.89 Å². The van der Waals surface area contributed by atoms with E-state index in [2.05, 4.69) is 30.0 Å². The number of halogens is 2. The summed E-state index contributed by atoms with van der Waals surface area (Å²) in [5.41, 5.74) is 1.70. The fourth-order valence-corrected chi connectivity index (χ4v) is 3.20. The molecule has 0 amide bonds. The summed E-state index contributed by atoms with van der Waals surface area (Å²) in [6, 6.07) is 6.82. The molecule has 1 saturated heterocycles. The van der Waals surface area contributed by atoms with Crippen LogP contribution >= 0.6 is 0 Å². The van der Waals surface area contributed by atoms with Crippen molar-refractivity contribution in [3.63, 3.8) is 0 Å². The van der Waals surface area contributed by atoms with E-state index in [1.807, 2.05) is 6.07 Å². The van der Waals surface area contributed by atoms with Gasteiger partial charge in [-0.25, -0.2) is 0 Å². The zero-order chi connectivity index (χ0) is 20.6. The smallest absolute Gasteiger partial charge is 0.387 e. The van der Waals surface area contributed by atoms with E-state index in [-0.39, 0.29) is 11.5 Å². The van der Waals surface area contributed by atoms with E-state index in [1.54, 1.807) is 31.5 Å². The number of hydrogen-bond donors (Lipinski definition) is 1. The number of aromatic nitrogens is 1. The van der Waals surface area contributed by atoms with E-state index < -0.39 is 6.61 Å². The molecule has 0 atom stereocenters. The van der Waals surface area contributed by atoms with Crippen molar-refractivity contribution in [3.05, 3.63) is 41.8 Å². The van der Waals surface area contributed by atoms with E-state index >= 15 is 0 Å². The van der Waals surface area contributed by atoms with Crippen LogP contribution in [0, 0.1) is 0 Å². The van der Waals surface area contributed by atoms with E-state index in [1.165, 1.54) is 7.11 Å². The number of rotatable bonds is 7. The maximum Gasteiger partial charge on any atom is 0.387 e. The van der Waals surface area contributed by atoms with Crippen molar-refractivity contribution in [2.24, 2.45) is 4.99 Å². The van der Waals surface area contributed by atoms with Crippen molar-refractivity contribution in [3.8, 4) is 11.5 Å². The topological polar surface area (TPSA) is 75.4 Å². The van der Waals surface area contributed by atoms with Gasteiger partial charge in [0.2, 0.25) is 0 Å². The molecule has 1 aliphatic rings. The Kier molecular flexibility index (Phi) is 7.23. The van der Waals surface area contributed by atoms with Crippen molar-refractivity contribution in [1.82, 2.24) is 20.3 Å². The molecule has 3 rings (SSSR count). The maximum atomic E-state index is 12.6. The Morgan fingerprint density at radius 2 is 2.03 bits per heavy atom. The molecule has 2 heterocycles. The van der Waals surface area contributed by atoms with Crippen LogP contribution < -0.4 is 14.8 Å². The van der Waals surface area contributed by atoms with Crippen molar-refractivity contribution < 1.29 is 22.8 Å². The van der Waals surface area contributed by atoms with Crippen LogP contribution in [0.4, 0.5) is 8.78 Å². The number of methoxy groups -OCH3 is 1. The van der Waals surface area contributed by atoms with Crippen molar-refractivity contribution >= 4 is 5.96 Å². The third-order valence-corrected chi connectivity index (χ3v) is 4.66. The van der Waals surface area contributed by atoms with E-state index in [0.717, 1.165) is 49.9 Å². The molecule has 158 valence electrons. The molecule has 0 bridgehead atoms. The number of alkyl halides is 2. The maximum absolute atomic E-state index is 12.6. The van der Waals surface area contributed by atoms with E-state index in [9.17, 15) is 8.78 Å². The summed E-state index contributed by atoms with van der Waals surface area (Å²) < 4.78 is 39.7. The highest BCUT2D eigenvalue weighted by Gasteiger charge is 2.20. The minimum atomic E-state index is -2.91. The number of benzene rings is 1. The molecular formula is C19H25F2N5O3. The van der Waals surface area contributed by atoms with Gasteiger partial charge in [0.25, 0.3) is 0 Å². The Bertz CT molecular complexity index is 793. The summed E-state index contributed by atoms with van der Waals surface area (Å²) in [7, 11) is 3.14. The first-order valence-corrected chi connectivity index (χ1v) is 9.28. The highest BCUT2D eigenvalue weighted by atomic mass is 19.3. The highest BCUT2D eigenvalue weighted by Crippen LogP contribution is 2.29. The number of ether oxygens (including phenoxy) is 2. The summed E-state index contributed by atoms with van der Waals surface area (Å²) >= 11 is 0. The molecule has 29 heavy (non-hydrogen) atoms. The van der Waals surface area contributed by atoms with Crippen LogP contribution in [0.25, 0.3) is 0 Å². The normalized spacial score (nSPS) is 15.6. The van der Waals surface area contributed by atoms with Gasteiger partial charge in [-0.15, -0.1) is 0 Å². The molecule has 1 aromatic carbocycles. The molecule has 0 aliphatic carbocycles. The molecule has 8 nitrogen and oxygen atoms in total. The largest absolute Gasteiger partial charge is 0.493 e. The molecule has 0 spiro atoms. The molecule has 0 saturated carbocycles. The Labute approximate surface area is 168 Å². The van der Waals surface area contributed by atoms with Gasteiger partial charge in [-0.2, -0.15) is 8.78 Å². The first kappa shape index (κ1) is 20.8. The summed E-state index contributed by atoms with van der Waals surface area (Å²) in [4.78, 5) is 8.81. The number of nitrogens with zero attached hydrogens (tertiary/aromatic N) is 4. The lowest BCUT2D eigenvalue weighted by molar-refractivity contribution is -0.0512. The molecule has 1 N–H and O–H groups in total. The Balaban J connectivity index is 1.53. The molecule has 0 unspecified atom stereocenters. The van der Waals surface area contributed by atoms with Crippen LogP contribution in [0.3, 0.4) is 0 Å². The third-order valence-electron chi connectivity index (χ3n) is 4.66. The lowest BCUT2D eigenvalue weighted by Gasteiger charge is -2.36. The van der Waals surface area contributed by atoms with Gasteiger partial charge in [0.1, 0.15) is 6.26 Å². The molecule has 10 heteroatoms. The van der Waals surface area contributed by atoms with Gasteiger partial charge in [0, 0.05) is 52.4 Å². The van der Waals surface area contributed by atoms with E-state index in [4.69, 9.17) is 9.26 Å². The number of nitrogens with one attached hydrogen (secondary N) is 1. The lowest BCUT2D eigenvalue weighted by Crippen LogP contribution is -2.52. The number of piperazine rings is 1. The average molecular weight is 409 g/mol. The Morgan fingerprint density at radius 1 is 1.24 bits per heavy atom. The van der Waals surface area contributed by atoms with Crippen molar-refractivity contribution in [1.29, 1.82) is 0 Å². The van der Waals surface area contributed by atoms with Gasteiger partial charge in [0.05, 0.1) is 12.8 Å². The quantitative estimate of drug-likeness (QED) is 0.555. The molecule has 2 aromatic rings. The molecule has 0 radical (unpaired) electrons. The zero-order valence-corrected chi connectivity index (χ0v) is 16.5. The van der Waals surface area contributed by atoms with Crippen LogP contribution in [0.1, 0.15) is 11.3 Å². The van der Waals surface area contributed by atoms with Gasteiger partial charge in [-0.05, 0) is 17.7 Å². The first-order chi connectivity index (χ1) is 14.1. The van der Waals surface area contributed by atoms with Crippen LogP contribution in [0.5, 0.6) is 11.5 Å². The van der Waals surface area contributed by atoms with Crippen molar-refractivity contribution in [2.45, 2.75) is 19.7 Å². The Hall–Kier alpha value is -2.88. The number of aliphatic imine (C=N–C) groups is 1. The summed E-state index contributed by atoms with van der Waals surface area (Å²) in [6.45, 7) is 1.67. The molecule has 1 fully saturated rings. The highest BCUT2D eigenvalue weighted by molar-refractivity contribution is 5.80. The predicted molar refractivity (Wildman–Crippen MR) is 103 cm³/mol. The lowest BCUT2D eigenvalue weighted by atomic mass is 10.2. The molecule has 1 aliphatic heterocycles. The fraction of sp³-hybridized carbons (Fsp3) is 0.474. The van der Waals surface area contributed by atoms with Gasteiger partial charge in [-0.1, -0.05) is 11.2 Å². The standard InChI is InChI=1S/C19H25F2N5O3/c1-22-19(26-8-6-25(7-9-26)13-15-5-10-28-24-15)23-12-14-3-4-16(27-2)17(11-14)29-18(20)21/h3-5,10-11,18H,6-9,12-13H2,1-2H3,(H,22,23). The van der Waals surface area contributed by atoms with Crippen LogP contribution in [-0.4, -0.2) is 67.9 Å². The fourth-order valence-electron chi connectivity index (χ4n) is 3.20. The van der Waals surface area contributed by atoms with Crippen molar-refractivity contribution in [2.75, 3.05) is 40.3 Å². The monoisotopic (exact) mass is 409 g/mol. The van der Waals surface area contributed by atoms with Crippen LogP contribution in [0.15, 0.2) is 40.0 Å². The second-order valence-electron chi connectivity index (χ2n) is 6.52. The zero-order valence-electron chi connectivity index (χ0n) is 16.5. The average Bonchev–Trinajstić information content (AvgIpc) is 3.22. The number of guanidine groups is 1. The summed E-state index contributed by atoms with van der Waals surface area (Å²) in [5, 5.41) is 7.23. The summed E-state index contributed by atoms with van der Waals surface area (Å²) in [6.07, 6.45) is 1.58. The van der Waals surface area contributed by atoms with Crippen LogP contribution in [0.2, 0.25) is 0 Å². The second kappa shape index (κ2) is 10.1. The SMILES string of the molecule is CN=C(NCc1ccc(OC)c(OC(F)F)c1)N1CCN(Cc2ccon2)CC1. The van der Waals surface area contributed by atoms with E-state index in [0.29, 0.717) is 6.54 Å². The molecule has 1 aromatic heterocycles. The van der Waals surface area contributed by atoms with Crippen LogP contribution in [-0.2, 0) is 13.1 Å².